The average Bonchev–Trinajstić information content (AvgIpc) is 2.33. The molecule has 0 bridgehead atoms. The second kappa shape index (κ2) is 8.27. The molecule has 4 heteroatoms. The lowest BCUT2D eigenvalue weighted by molar-refractivity contribution is -0.121. The van der Waals surface area contributed by atoms with Crippen molar-refractivity contribution in [1.29, 1.82) is 0 Å². The van der Waals surface area contributed by atoms with E-state index in [4.69, 9.17) is 4.74 Å². The van der Waals surface area contributed by atoms with Gasteiger partial charge in [0.25, 0.3) is 0 Å². The van der Waals surface area contributed by atoms with Crippen LogP contribution in [0.4, 0.5) is 0 Å². The Hall–Kier alpha value is -0.870. The van der Waals surface area contributed by atoms with Gasteiger partial charge in [-0.2, -0.15) is 0 Å². The van der Waals surface area contributed by atoms with E-state index in [1.807, 2.05) is 31.2 Å². The van der Waals surface area contributed by atoms with Crippen molar-refractivity contribution >= 4 is 21.8 Å². The summed E-state index contributed by atoms with van der Waals surface area (Å²) in [7, 11) is 1.65. The molecule has 1 atom stereocenters. The Balaban J connectivity index is 2.52. The monoisotopic (exact) mass is 313 g/mol. The molecular weight excluding hydrogens is 294 g/mol. The van der Waals surface area contributed by atoms with Crippen LogP contribution in [-0.4, -0.2) is 31.0 Å². The molecule has 1 N–H and O–H groups in total. The standard InChI is InChI=1S/C14H20BrNO2/c1-11-5-3-4-6-12(11)9-14(17)16-13(7-8-15)10-18-2/h3-6,13H,7-10H2,1-2H3,(H,16,17). The summed E-state index contributed by atoms with van der Waals surface area (Å²) < 4.78 is 5.10. The summed E-state index contributed by atoms with van der Waals surface area (Å²) in [6, 6.07) is 8.03. The van der Waals surface area contributed by atoms with E-state index in [2.05, 4.69) is 21.2 Å². The Morgan fingerprint density at radius 3 is 2.78 bits per heavy atom. The minimum atomic E-state index is 0.0484. The first-order chi connectivity index (χ1) is 8.67. The van der Waals surface area contributed by atoms with Crippen LogP contribution >= 0.6 is 15.9 Å². The summed E-state index contributed by atoms with van der Waals surface area (Å²) in [5.74, 6) is 0.0484. The Kier molecular flexibility index (Phi) is 6.98. The highest BCUT2D eigenvalue weighted by molar-refractivity contribution is 9.09. The van der Waals surface area contributed by atoms with Crippen molar-refractivity contribution in [3.05, 3.63) is 35.4 Å². The highest BCUT2D eigenvalue weighted by Gasteiger charge is 2.12. The molecule has 3 nitrogen and oxygen atoms in total. The highest BCUT2D eigenvalue weighted by atomic mass is 79.9. The van der Waals surface area contributed by atoms with E-state index in [-0.39, 0.29) is 11.9 Å². The van der Waals surface area contributed by atoms with E-state index in [9.17, 15) is 4.79 Å². The molecule has 0 heterocycles. The third kappa shape index (κ3) is 5.19. The van der Waals surface area contributed by atoms with Crippen LogP contribution in [0.2, 0.25) is 0 Å². The summed E-state index contributed by atoms with van der Waals surface area (Å²) in [6.07, 6.45) is 1.29. The molecule has 0 saturated heterocycles. The predicted octanol–water partition coefficient (Wildman–Crippen LogP) is 2.45. The van der Waals surface area contributed by atoms with Gasteiger partial charge in [0.1, 0.15) is 0 Å². The van der Waals surface area contributed by atoms with Crippen molar-refractivity contribution in [2.75, 3.05) is 19.0 Å². The van der Waals surface area contributed by atoms with Gasteiger partial charge >= 0.3 is 0 Å². The smallest absolute Gasteiger partial charge is 0.224 e. The lowest BCUT2D eigenvalue weighted by Gasteiger charge is -2.17. The van der Waals surface area contributed by atoms with E-state index < -0.39 is 0 Å². The van der Waals surface area contributed by atoms with Crippen molar-refractivity contribution in [2.45, 2.75) is 25.8 Å². The van der Waals surface area contributed by atoms with Crippen LogP contribution in [-0.2, 0) is 16.0 Å². The van der Waals surface area contributed by atoms with Crippen molar-refractivity contribution in [3.63, 3.8) is 0 Å². The number of amides is 1. The average molecular weight is 314 g/mol. The first-order valence-corrected chi connectivity index (χ1v) is 7.18. The third-order valence-electron chi connectivity index (χ3n) is 2.80. The Bertz CT molecular complexity index is 376. The van der Waals surface area contributed by atoms with Crippen molar-refractivity contribution in [3.8, 4) is 0 Å². The van der Waals surface area contributed by atoms with Crippen molar-refractivity contribution in [2.24, 2.45) is 0 Å². The van der Waals surface area contributed by atoms with Crippen LogP contribution in [0, 0.1) is 6.92 Å². The van der Waals surface area contributed by atoms with E-state index in [1.165, 1.54) is 0 Å². The molecule has 0 aliphatic heterocycles. The fourth-order valence-corrected chi connectivity index (χ4v) is 2.34. The van der Waals surface area contributed by atoms with Crippen LogP contribution in [0.15, 0.2) is 24.3 Å². The number of nitrogens with one attached hydrogen (secondary N) is 1. The number of carbonyl (C=O) groups excluding carboxylic acids is 1. The zero-order valence-electron chi connectivity index (χ0n) is 10.9. The molecule has 0 aliphatic carbocycles. The normalized spacial score (nSPS) is 12.2. The maximum Gasteiger partial charge on any atom is 0.224 e. The molecule has 0 aromatic heterocycles. The number of hydrogen-bond acceptors (Lipinski definition) is 2. The molecule has 0 saturated carbocycles. The number of carbonyl (C=O) groups is 1. The van der Waals surface area contributed by atoms with E-state index >= 15 is 0 Å². The molecule has 1 rings (SSSR count). The number of alkyl halides is 1. The fraction of sp³-hybridized carbons (Fsp3) is 0.500. The van der Waals surface area contributed by atoms with Gasteiger partial charge in [-0.05, 0) is 24.5 Å². The van der Waals surface area contributed by atoms with E-state index in [0.717, 1.165) is 22.9 Å². The number of hydrogen-bond donors (Lipinski definition) is 1. The quantitative estimate of drug-likeness (QED) is 0.785. The zero-order chi connectivity index (χ0) is 13.4. The molecule has 1 aromatic carbocycles. The molecule has 18 heavy (non-hydrogen) atoms. The number of ether oxygens (including phenoxy) is 1. The highest BCUT2D eigenvalue weighted by Crippen LogP contribution is 2.08. The number of benzene rings is 1. The number of methoxy groups -OCH3 is 1. The van der Waals surface area contributed by atoms with Gasteiger partial charge in [-0.25, -0.2) is 0 Å². The Labute approximate surface area is 117 Å². The summed E-state index contributed by atoms with van der Waals surface area (Å²) in [5.41, 5.74) is 2.22. The summed E-state index contributed by atoms with van der Waals surface area (Å²) >= 11 is 3.38. The molecule has 1 amide bonds. The van der Waals surface area contributed by atoms with Gasteiger partial charge in [0, 0.05) is 12.4 Å². The van der Waals surface area contributed by atoms with Gasteiger partial charge < -0.3 is 10.1 Å². The van der Waals surface area contributed by atoms with Gasteiger partial charge in [0.15, 0.2) is 0 Å². The van der Waals surface area contributed by atoms with E-state index in [1.54, 1.807) is 7.11 Å². The molecule has 0 aliphatic rings. The van der Waals surface area contributed by atoms with Crippen LogP contribution in [0.5, 0.6) is 0 Å². The Morgan fingerprint density at radius 1 is 1.44 bits per heavy atom. The lowest BCUT2D eigenvalue weighted by atomic mass is 10.1. The SMILES string of the molecule is COCC(CCBr)NC(=O)Cc1ccccc1C. The summed E-state index contributed by atoms with van der Waals surface area (Å²) in [5, 5.41) is 3.85. The van der Waals surface area contributed by atoms with Crippen LogP contribution in [0.1, 0.15) is 17.5 Å². The van der Waals surface area contributed by atoms with Gasteiger partial charge in [0.2, 0.25) is 5.91 Å². The van der Waals surface area contributed by atoms with Gasteiger partial charge in [-0.3, -0.25) is 4.79 Å². The van der Waals surface area contributed by atoms with Gasteiger partial charge in [0.05, 0.1) is 19.1 Å². The molecule has 1 aromatic rings. The molecule has 100 valence electrons. The van der Waals surface area contributed by atoms with E-state index in [0.29, 0.717) is 13.0 Å². The van der Waals surface area contributed by atoms with Crippen LogP contribution < -0.4 is 5.32 Å². The lowest BCUT2D eigenvalue weighted by Crippen LogP contribution is -2.39. The topological polar surface area (TPSA) is 38.3 Å². The van der Waals surface area contributed by atoms with Crippen LogP contribution in [0.3, 0.4) is 0 Å². The van der Waals surface area contributed by atoms with Gasteiger partial charge in [-0.15, -0.1) is 0 Å². The number of halogens is 1. The summed E-state index contributed by atoms with van der Waals surface area (Å²) in [4.78, 5) is 11.9. The first kappa shape index (κ1) is 15.2. The number of rotatable bonds is 7. The third-order valence-corrected chi connectivity index (χ3v) is 3.26. The minimum absolute atomic E-state index is 0.0484. The largest absolute Gasteiger partial charge is 0.383 e. The number of aryl methyl sites for hydroxylation is 1. The van der Waals surface area contributed by atoms with Crippen molar-refractivity contribution in [1.82, 2.24) is 5.32 Å². The predicted molar refractivity (Wildman–Crippen MR) is 77.1 cm³/mol. The molecule has 0 spiro atoms. The maximum absolute atomic E-state index is 11.9. The van der Waals surface area contributed by atoms with Crippen LogP contribution in [0.25, 0.3) is 0 Å². The maximum atomic E-state index is 11.9. The minimum Gasteiger partial charge on any atom is -0.383 e. The molecule has 0 radical (unpaired) electrons. The Morgan fingerprint density at radius 2 is 2.17 bits per heavy atom. The second-order valence-corrected chi connectivity index (χ2v) is 5.09. The summed E-state index contributed by atoms with van der Waals surface area (Å²) in [6.45, 7) is 2.57. The molecule has 0 fully saturated rings. The first-order valence-electron chi connectivity index (χ1n) is 6.06. The zero-order valence-corrected chi connectivity index (χ0v) is 12.5. The van der Waals surface area contributed by atoms with Crippen molar-refractivity contribution < 1.29 is 9.53 Å². The molecule has 1 unspecified atom stereocenters. The second-order valence-electron chi connectivity index (χ2n) is 4.30. The van der Waals surface area contributed by atoms with Gasteiger partial charge in [-0.1, -0.05) is 40.2 Å². The molecular formula is C14H20BrNO2. The fourth-order valence-electron chi connectivity index (χ4n) is 1.79.